The Hall–Kier alpha value is -2.02. The van der Waals surface area contributed by atoms with E-state index in [4.69, 9.17) is 5.41 Å². The molecular formula is C16H26N6O. The maximum atomic E-state index is 12.3. The zero-order chi connectivity index (χ0) is 16.8. The molecule has 0 aromatic rings. The van der Waals surface area contributed by atoms with E-state index in [0.717, 1.165) is 19.3 Å². The average Bonchev–Trinajstić information content (AvgIpc) is 3.27. The Morgan fingerprint density at radius 1 is 1.39 bits per heavy atom. The second-order valence-electron chi connectivity index (χ2n) is 6.09. The lowest BCUT2D eigenvalue weighted by Gasteiger charge is -2.24. The highest BCUT2D eigenvalue weighted by Gasteiger charge is 2.30. The van der Waals surface area contributed by atoms with E-state index in [-0.39, 0.29) is 11.9 Å². The van der Waals surface area contributed by atoms with Crippen LogP contribution in [0, 0.1) is 5.41 Å². The topological polar surface area (TPSA) is 75.4 Å². The van der Waals surface area contributed by atoms with Crippen molar-refractivity contribution in [2.75, 3.05) is 26.7 Å². The number of nitrogens with one attached hydrogen (secondary N) is 1. The highest BCUT2D eigenvalue weighted by atomic mass is 16.2. The highest BCUT2D eigenvalue weighted by molar-refractivity contribution is 5.88. The number of hydrazone groups is 1. The Morgan fingerprint density at radius 2 is 2.13 bits per heavy atom. The van der Waals surface area contributed by atoms with Gasteiger partial charge >= 0.3 is 0 Å². The van der Waals surface area contributed by atoms with Crippen LogP contribution in [0.25, 0.3) is 0 Å². The van der Waals surface area contributed by atoms with Gasteiger partial charge in [-0.25, -0.2) is 10.0 Å². The number of hydrogen-bond acceptors (Lipinski definition) is 4. The van der Waals surface area contributed by atoms with Crippen LogP contribution in [-0.4, -0.2) is 78.4 Å². The summed E-state index contributed by atoms with van der Waals surface area (Å²) in [5, 5.41) is 12.7. The molecule has 126 valence electrons. The fraction of sp³-hybridized carbons (Fsp3) is 0.625. The number of carbonyl (C=O) groups excluding carboxylic acids is 1. The molecular weight excluding hydrogens is 292 g/mol. The molecule has 1 N–H and O–H groups in total. The Morgan fingerprint density at radius 3 is 2.74 bits per heavy atom. The number of hydrogen-bond donors (Lipinski definition) is 1. The Kier molecular flexibility index (Phi) is 6.04. The third-order valence-corrected chi connectivity index (χ3v) is 4.38. The zero-order valence-electron chi connectivity index (χ0n) is 14.0. The van der Waals surface area contributed by atoms with Crippen LogP contribution in [0.4, 0.5) is 0 Å². The second kappa shape index (κ2) is 8.01. The van der Waals surface area contributed by atoms with Crippen LogP contribution in [0.1, 0.15) is 26.2 Å². The van der Waals surface area contributed by atoms with Gasteiger partial charge in [0.2, 0.25) is 5.91 Å². The first-order valence-corrected chi connectivity index (χ1v) is 8.01. The van der Waals surface area contributed by atoms with Crippen molar-refractivity contribution in [1.82, 2.24) is 14.8 Å². The van der Waals surface area contributed by atoms with Crippen molar-refractivity contribution < 1.29 is 4.79 Å². The number of aliphatic imine (C=N–C) groups is 1. The molecule has 0 spiro atoms. The first-order valence-electron chi connectivity index (χ1n) is 8.01. The van der Waals surface area contributed by atoms with Crippen LogP contribution in [0.3, 0.4) is 0 Å². The smallest absolute Gasteiger partial charge is 0.246 e. The molecule has 1 atom stereocenters. The van der Waals surface area contributed by atoms with Gasteiger partial charge in [-0.15, -0.1) is 0 Å². The van der Waals surface area contributed by atoms with Gasteiger partial charge in [0.1, 0.15) is 12.2 Å². The van der Waals surface area contributed by atoms with Crippen molar-refractivity contribution in [3.8, 4) is 0 Å². The number of amides is 1. The lowest BCUT2D eigenvalue weighted by molar-refractivity contribution is -0.125. The molecule has 1 saturated heterocycles. The van der Waals surface area contributed by atoms with Gasteiger partial charge in [0.15, 0.2) is 0 Å². The molecule has 1 aliphatic heterocycles. The summed E-state index contributed by atoms with van der Waals surface area (Å²) in [5.74, 6) is 0.665. The quantitative estimate of drug-likeness (QED) is 0.331. The molecule has 0 aromatic heterocycles. The number of likely N-dealkylation sites (tertiary alicyclic amines) is 1. The fourth-order valence-electron chi connectivity index (χ4n) is 2.87. The summed E-state index contributed by atoms with van der Waals surface area (Å²) in [6.45, 7) is 7.48. The molecule has 7 nitrogen and oxygen atoms in total. The van der Waals surface area contributed by atoms with E-state index in [0.29, 0.717) is 25.0 Å². The molecule has 2 aliphatic rings. The lowest BCUT2D eigenvalue weighted by atomic mass is 10.2. The van der Waals surface area contributed by atoms with Gasteiger partial charge in [-0.2, -0.15) is 5.10 Å². The van der Waals surface area contributed by atoms with E-state index >= 15 is 0 Å². The predicted octanol–water partition coefficient (Wildman–Crippen LogP) is 1.18. The minimum atomic E-state index is 0.0438. The van der Waals surface area contributed by atoms with Crippen molar-refractivity contribution in [3.63, 3.8) is 0 Å². The summed E-state index contributed by atoms with van der Waals surface area (Å²) >= 11 is 0. The molecule has 0 radical (unpaired) electrons. The van der Waals surface area contributed by atoms with Gasteiger partial charge in [-0.1, -0.05) is 6.08 Å². The van der Waals surface area contributed by atoms with Crippen molar-refractivity contribution >= 4 is 24.8 Å². The standard InChI is InChI=1S/C16H26N6O/c1-13(19-12-17)22(18-2)15-8-10-21(11-15)16(23)5-4-9-20(3)14-6-7-14/h4-5,12,14-15,17H,2,6-11H2,1,3H3/b5-4+,17-12?,19-13+/t15-/m1/s1. The summed E-state index contributed by atoms with van der Waals surface area (Å²) < 4.78 is 0. The average molecular weight is 318 g/mol. The SMILES string of the molecule is C=NN(/C(C)=N/C=N)[C@@H]1CCN(C(=O)/C=C/CN(C)C2CC2)C1. The van der Waals surface area contributed by atoms with Crippen molar-refractivity contribution in [2.45, 2.75) is 38.3 Å². The van der Waals surface area contributed by atoms with E-state index in [1.165, 1.54) is 12.8 Å². The highest BCUT2D eigenvalue weighted by Crippen LogP contribution is 2.24. The third-order valence-electron chi connectivity index (χ3n) is 4.38. The van der Waals surface area contributed by atoms with Gasteiger partial charge in [-0.3, -0.25) is 15.1 Å². The predicted molar refractivity (Wildman–Crippen MR) is 93.1 cm³/mol. The number of carbonyl (C=O) groups is 1. The van der Waals surface area contributed by atoms with Crippen molar-refractivity contribution in [3.05, 3.63) is 12.2 Å². The van der Waals surface area contributed by atoms with Crippen LogP contribution in [-0.2, 0) is 4.79 Å². The zero-order valence-corrected chi connectivity index (χ0v) is 14.0. The minimum absolute atomic E-state index is 0.0438. The summed E-state index contributed by atoms with van der Waals surface area (Å²) in [5.41, 5.74) is 0. The molecule has 0 aromatic carbocycles. The molecule has 1 amide bonds. The molecule has 23 heavy (non-hydrogen) atoms. The van der Waals surface area contributed by atoms with Crippen LogP contribution in [0.2, 0.25) is 0 Å². The van der Waals surface area contributed by atoms with E-state index in [2.05, 4.69) is 28.8 Å². The van der Waals surface area contributed by atoms with E-state index in [1.807, 2.05) is 11.0 Å². The maximum Gasteiger partial charge on any atom is 0.246 e. The van der Waals surface area contributed by atoms with Gasteiger partial charge < -0.3 is 4.90 Å². The monoisotopic (exact) mass is 318 g/mol. The van der Waals surface area contributed by atoms with Crippen LogP contribution >= 0.6 is 0 Å². The van der Waals surface area contributed by atoms with Gasteiger partial charge in [0, 0.05) is 38.5 Å². The number of rotatable bonds is 7. The van der Waals surface area contributed by atoms with Crippen LogP contribution in [0.5, 0.6) is 0 Å². The molecule has 2 fully saturated rings. The van der Waals surface area contributed by atoms with E-state index in [1.54, 1.807) is 18.0 Å². The fourth-order valence-corrected chi connectivity index (χ4v) is 2.87. The first-order chi connectivity index (χ1) is 11.1. The maximum absolute atomic E-state index is 12.3. The first kappa shape index (κ1) is 17.3. The van der Waals surface area contributed by atoms with Crippen molar-refractivity contribution in [1.29, 1.82) is 5.41 Å². The molecule has 2 rings (SSSR count). The minimum Gasteiger partial charge on any atom is -0.337 e. The molecule has 0 bridgehead atoms. The normalized spacial score (nSPS) is 22.0. The second-order valence-corrected chi connectivity index (χ2v) is 6.09. The van der Waals surface area contributed by atoms with Crippen molar-refractivity contribution in [2.24, 2.45) is 10.1 Å². The Labute approximate surface area is 137 Å². The summed E-state index contributed by atoms with van der Waals surface area (Å²) in [7, 11) is 2.09. The number of amidine groups is 1. The third kappa shape index (κ3) is 4.72. The molecule has 7 heteroatoms. The largest absolute Gasteiger partial charge is 0.337 e. The summed E-state index contributed by atoms with van der Waals surface area (Å²) in [4.78, 5) is 20.3. The Bertz CT molecular complexity index is 511. The van der Waals surface area contributed by atoms with Gasteiger partial charge in [0.05, 0.1) is 6.04 Å². The van der Waals surface area contributed by atoms with Gasteiger partial charge in [0.25, 0.3) is 0 Å². The number of likely N-dealkylation sites (N-methyl/N-ethyl adjacent to an activating group) is 1. The summed E-state index contributed by atoms with van der Waals surface area (Å²) in [6, 6.07) is 0.775. The Balaban J connectivity index is 1.84. The molecule has 1 aliphatic carbocycles. The molecule has 1 saturated carbocycles. The number of nitrogens with zero attached hydrogens (tertiary/aromatic N) is 5. The van der Waals surface area contributed by atoms with Gasteiger partial charge in [-0.05, 0) is 33.2 Å². The van der Waals surface area contributed by atoms with Crippen LogP contribution in [0.15, 0.2) is 22.2 Å². The molecule has 0 unspecified atom stereocenters. The van der Waals surface area contributed by atoms with E-state index < -0.39 is 0 Å². The van der Waals surface area contributed by atoms with Crippen LogP contribution < -0.4 is 0 Å². The molecule has 1 heterocycles. The lowest BCUT2D eigenvalue weighted by Crippen LogP contribution is -2.38. The van der Waals surface area contributed by atoms with E-state index in [9.17, 15) is 4.79 Å². The summed E-state index contributed by atoms with van der Waals surface area (Å²) in [6.07, 6.45) is 7.97.